The first-order chi connectivity index (χ1) is 9.26. The van der Waals surface area contributed by atoms with E-state index in [9.17, 15) is 0 Å². The minimum atomic E-state index is 0.659. The maximum absolute atomic E-state index is 6.18. The lowest BCUT2D eigenvalue weighted by Gasteiger charge is -2.01. The molecule has 2 rings (SSSR count). The van der Waals surface area contributed by atoms with Gasteiger partial charge < -0.3 is 5.32 Å². The second-order valence-corrected chi connectivity index (χ2v) is 5.74. The molecule has 0 aliphatic carbocycles. The van der Waals surface area contributed by atoms with Crippen molar-refractivity contribution < 1.29 is 0 Å². The Morgan fingerprint density at radius 3 is 2.89 bits per heavy atom. The van der Waals surface area contributed by atoms with E-state index in [0.29, 0.717) is 5.02 Å². The molecule has 0 fully saturated rings. The molecule has 0 aromatic carbocycles. The van der Waals surface area contributed by atoms with E-state index in [1.165, 1.54) is 4.88 Å². The Bertz CT molecular complexity index is 539. The molecule has 0 spiro atoms. The molecule has 0 saturated carbocycles. The molecule has 0 radical (unpaired) electrons. The van der Waals surface area contributed by atoms with Crippen LogP contribution < -0.4 is 5.32 Å². The molecule has 2 aromatic rings. The van der Waals surface area contributed by atoms with Crippen LogP contribution in [-0.2, 0) is 13.0 Å². The van der Waals surface area contributed by atoms with Crippen molar-refractivity contribution in [2.24, 2.45) is 0 Å². The minimum Gasteiger partial charge on any atom is -0.312 e. The highest BCUT2D eigenvalue weighted by Gasteiger charge is 2.14. The summed E-state index contributed by atoms with van der Waals surface area (Å²) in [7, 11) is 0. The van der Waals surface area contributed by atoms with Crippen molar-refractivity contribution in [3.05, 3.63) is 33.9 Å². The van der Waals surface area contributed by atoms with Crippen molar-refractivity contribution >= 4 is 22.9 Å². The lowest BCUT2D eigenvalue weighted by atomic mass is 10.3. The zero-order chi connectivity index (χ0) is 13.7. The molecule has 0 bridgehead atoms. The first-order valence-corrected chi connectivity index (χ1v) is 7.75. The highest BCUT2D eigenvalue weighted by atomic mass is 35.5. The van der Waals surface area contributed by atoms with Crippen molar-refractivity contribution in [1.29, 1.82) is 0 Å². The van der Waals surface area contributed by atoms with Crippen LogP contribution in [0.25, 0.3) is 10.7 Å². The number of nitrogens with one attached hydrogen (secondary N) is 1. The van der Waals surface area contributed by atoms with Gasteiger partial charge >= 0.3 is 0 Å². The molecule has 2 aromatic heterocycles. The van der Waals surface area contributed by atoms with Gasteiger partial charge in [-0.1, -0.05) is 25.4 Å². The number of nitrogens with zero attached hydrogens (tertiary/aromatic N) is 2. The van der Waals surface area contributed by atoms with E-state index in [1.54, 1.807) is 17.5 Å². The third-order valence-corrected chi connectivity index (χ3v) is 4.20. The number of halogens is 1. The van der Waals surface area contributed by atoms with Gasteiger partial charge in [-0.2, -0.15) is 0 Å². The lowest BCUT2D eigenvalue weighted by Crippen LogP contribution is -2.13. The summed E-state index contributed by atoms with van der Waals surface area (Å²) in [6, 6.07) is 3.69. The second-order valence-electron chi connectivity index (χ2n) is 4.25. The fourth-order valence-electron chi connectivity index (χ4n) is 1.82. The van der Waals surface area contributed by atoms with Gasteiger partial charge in [0.2, 0.25) is 0 Å². The van der Waals surface area contributed by atoms with Crippen LogP contribution in [0, 0.1) is 0 Å². The summed E-state index contributed by atoms with van der Waals surface area (Å²) in [6.45, 7) is 6.20. The molecule has 0 aliphatic heterocycles. The van der Waals surface area contributed by atoms with Gasteiger partial charge in [0.05, 0.1) is 10.7 Å². The van der Waals surface area contributed by atoms with Gasteiger partial charge in [-0.25, -0.2) is 4.98 Å². The lowest BCUT2D eigenvalue weighted by molar-refractivity contribution is 0.677. The molecule has 0 amide bonds. The van der Waals surface area contributed by atoms with E-state index >= 15 is 0 Å². The van der Waals surface area contributed by atoms with Crippen LogP contribution in [0.5, 0.6) is 0 Å². The molecule has 0 aliphatic rings. The van der Waals surface area contributed by atoms with Gasteiger partial charge in [-0.05, 0) is 31.5 Å². The maximum atomic E-state index is 6.18. The Hall–Kier alpha value is -0.970. The van der Waals surface area contributed by atoms with Crippen LogP contribution in [0.2, 0.25) is 5.02 Å². The Morgan fingerprint density at radius 1 is 1.37 bits per heavy atom. The fourth-order valence-corrected chi connectivity index (χ4v) is 3.22. The van der Waals surface area contributed by atoms with Gasteiger partial charge in [0, 0.05) is 17.6 Å². The van der Waals surface area contributed by atoms with E-state index in [4.69, 9.17) is 11.6 Å². The third kappa shape index (κ3) is 3.53. The Morgan fingerprint density at radius 2 is 2.21 bits per heavy atom. The van der Waals surface area contributed by atoms with Crippen molar-refractivity contribution in [2.75, 3.05) is 6.54 Å². The molecule has 1 N–H and O–H groups in total. The summed E-state index contributed by atoms with van der Waals surface area (Å²) in [5, 5.41) is 4.99. The standard InChI is InChI=1S/C14H18ClN3S/c1-3-7-16-9-12-11(4-2)18-14(19-12)13-10(15)6-5-8-17-13/h5-6,8,16H,3-4,7,9H2,1-2H3. The third-order valence-electron chi connectivity index (χ3n) is 2.79. The zero-order valence-electron chi connectivity index (χ0n) is 11.2. The predicted molar refractivity (Wildman–Crippen MR) is 81.7 cm³/mol. The monoisotopic (exact) mass is 295 g/mol. The van der Waals surface area contributed by atoms with Gasteiger partial charge in [-0.3, -0.25) is 4.98 Å². The van der Waals surface area contributed by atoms with Gasteiger partial charge in [0.15, 0.2) is 0 Å². The molecule has 3 nitrogen and oxygen atoms in total. The van der Waals surface area contributed by atoms with Gasteiger partial charge in [0.25, 0.3) is 0 Å². The smallest absolute Gasteiger partial charge is 0.143 e. The van der Waals surface area contributed by atoms with Crippen LogP contribution in [0.1, 0.15) is 30.8 Å². The van der Waals surface area contributed by atoms with Crippen LogP contribution in [0.15, 0.2) is 18.3 Å². The van der Waals surface area contributed by atoms with Crippen LogP contribution in [0.3, 0.4) is 0 Å². The summed E-state index contributed by atoms with van der Waals surface area (Å²) in [6.07, 6.45) is 3.83. The zero-order valence-corrected chi connectivity index (χ0v) is 12.8. The first-order valence-electron chi connectivity index (χ1n) is 6.56. The van der Waals surface area contributed by atoms with E-state index in [0.717, 1.165) is 42.3 Å². The van der Waals surface area contributed by atoms with E-state index in [2.05, 4.69) is 29.1 Å². The minimum absolute atomic E-state index is 0.659. The van der Waals surface area contributed by atoms with Crippen LogP contribution >= 0.6 is 22.9 Å². The second kappa shape index (κ2) is 6.98. The average molecular weight is 296 g/mol. The Kier molecular flexibility index (Phi) is 5.31. The van der Waals surface area contributed by atoms with Crippen molar-refractivity contribution in [3.8, 4) is 10.7 Å². The maximum Gasteiger partial charge on any atom is 0.143 e. The number of aromatic nitrogens is 2. The molecule has 0 saturated heterocycles. The summed E-state index contributed by atoms with van der Waals surface area (Å²) in [4.78, 5) is 10.3. The highest BCUT2D eigenvalue weighted by Crippen LogP contribution is 2.31. The number of hydrogen-bond donors (Lipinski definition) is 1. The quantitative estimate of drug-likeness (QED) is 0.821. The van der Waals surface area contributed by atoms with Gasteiger partial charge in [0.1, 0.15) is 10.7 Å². The molecular formula is C14H18ClN3S. The fraction of sp³-hybridized carbons (Fsp3) is 0.429. The Balaban J connectivity index is 2.25. The van der Waals surface area contributed by atoms with E-state index in [-0.39, 0.29) is 0 Å². The summed E-state index contributed by atoms with van der Waals surface area (Å²) in [5.41, 5.74) is 1.93. The normalized spacial score (nSPS) is 10.9. The van der Waals surface area contributed by atoms with Crippen LogP contribution in [0.4, 0.5) is 0 Å². The van der Waals surface area contributed by atoms with Crippen molar-refractivity contribution in [1.82, 2.24) is 15.3 Å². The molecule has 102 valence electrons. The number of aryl methyl sites for hydroxylation is 1. The molecule has 5 heteroatoms. The molecule has 0 atom stereocenters. The average Bonchev–Trinajstić information content (AvgIpc) is 2.83. The first kappa shape index (κ1) is 14.4. The van der Waals surface area contributed by atoms with E-state index in [1.807, 2.05) is 12.1 Å². The van der Waals surface area contributed by atoms with Crippen LogP contribution in [-0.4, -0.2) is 16.5 Å². The summed E-state index contributed by atoms with van der Waals surface area (Å²) < 4.78 is 0. The summed E-state index contributed by atoms with van der Waals surface area (Å²) >= 11 is 7.86. The Labute approximate surface area is 123 Å². The largest absolute Gasteiger partial charge is 0.312 e. The number of thiazole rings is 1. The SMILES string of the molecule is CCCNCc1sc(-c2ncccc2Cl)nc1CC. The predicted octanol–water partition coefficient (Wildman–Crippen LogP) is 3.92. The number of rotatable bonds is 6. The number of hydrogen-bond acceptors (Lipinski definition) is 4. The van der Waals surface area contributed by atoms with Crippen molar-refractivity contribution in [2.45, 2.75) is 33.2 Å². The highest BCUT2D eigenvalue weighted by molar-refractivity contribution is 7.15. The molecule has 19 heavy (non-hydrogen) atoms. The summed E-state index contributed by atoms with van der Waals surface area (Å²) in [5.74, 6) is 0. The van der Waals surface area contributed by atoms with Gasteiger partial charge in [-0.15, -0.1) is 11.3 Å². The van der Waals surface area contributed by atoms with Crippen molar-refractivity contribution in [3.63, 3.8) is 0 Å². The molecule has 2 heterocycles. The molecule has 0 unspecified atom stereocenters. The molecular weight excluding hydrogens is 278 g/mol. The number of pyridine rings is 1. The van der Waals surface area contributed by atoms with E-state index < -0.39 is 0 Å². The topological polar surface area (TPSA) is 37.8 Å².